The van der Waals surface area contributed by atoms with Crippen LogP contribution in [-0.4, -0.2) is 59.6 Å². The van der Waals surface area contributed by atoms with Gasteiger partial charge in [-0.2, -0.15) is 8.42 Å². The van der Waals surface area contributed by atoms with E-state index in [-0.39, 0.29) is 6.04 Å². The van der Waals surface area contributed by atoms with Crippen LogP contribution in [0.4, 0.5) is 5.82 Å². The van der Waals surface area contributed by atoms with E-state index < -0.39 is 21.8 Å². The number of H-pyrrole nitrogens is 1. The molecule has 134 valence electrons. The molecular formula is C14H18N6O4S. The molecule has 0 saturated carbocycles. The fourth-order valence-electron chi connectivity index (χ4n) is 2.77. The van der Waals surface area contributed by atoms with Crippen molar-refractivity contribution in [2.24, 2.45) is 0 Å². The Hall–Kier alpha value is -2.69. The summed E-state index contributed by atoms with van der Waals surface area (Å²) in [7, 11) is -3.78. The topological polar surface area (TPSA) is 130 Å². The molecule has 1 saturated heterocycles. The molecule has 1 aliphatic rings. The Labute approximate surface area is 144 Å². The summed E-state index contributed by atoms with van der Waals surface area (Å²) in [5.74, 6) is -0.378. The minimum atomic E-state index is -3.78. The summed E-state index contributed by atoms with van der Waals surface area (Å²) >= 11 is 0. The molecule has 2 aromatic heterocycles. The summed E-state index contributed by atoms with van der Waals surface area (Å²) in [6, 6.07) is -0.186. The maximum Gasteiger partial charge on any atom is 0.306 e. The summed E-state index contributed by atoms with van der Waals surface area (Å²) in [4.78, 5) is 29.6. The zero-order valence-electron chi connectivity index (χ0n) is 13.6. The lowest BCUT2D eigenvalue weighted by Crippen LogP contribution is -2.48. The van der Waals surface area contributed by atoms with Crippen LogP contribution >= 0.6 is 0 Å². The summed E-state index contributed by atoms with van der Waals surface area (Å²) in [6.07, 6.45) is 5.45. The van der Waals surface area contributed by atoms with Crippen LogP contribution in [0.25, 0.3) is 11.2 Å². The predicted molar refractivity (Wildman–Crippen MR) is 90.1 cm³/mol. The molecular weight excluding hydrogens is 348 g/mol. The number of rotatable bonds is 5. The third-order valence-corrected chi connectivity index (χ3v) is 4.27. The van der Waals surface area contributed by atoms with Gasteiger partial charge in [-0.05, 0) is 19.4 Å². The van der Waals surface area contributed by atoms with E-state index in [0.717, 1.165) is 31.2 Å². The van der Waals surface area contributed by atoms with E-state index in [0.29, 0.717) is 18.0 Å². The van der Waals surface area contributed by atoms with Gasteiger partial charge in [0.1, 0.15) is 11.8 Å². The second-order valence-electron chi connectivity index (χ2n) is 5.77. The number of carbonyl (C=O) groups excluding carboxylic acids is 1. The van der Waals surface area contributed by atoms with Gasteiger partial charge < -0.3 is 19.4 Å². The van der Waals surface area contributed by atoms with E-state index in [4.69, 9.17) is 0 Å². The maximum atomic E-state index is 12.0. The van der Waals surface area contributed by atoms with Crippen LogP contribution in [0, 0.1) is 0 Å². The van der Waals surface area contributed by atoms with Crippen molar-refractivity contribution >= 4 is 33.0 Å². The van der Waals surface area contributed by atoms with Gasteiger partial charge >= 0.3 is 10.1 Å². The van der Waals surface area contributed by atoms with Crippen molar-refractivity contribution in [3.8, 4) is 0 Å². The number of nitrogens with zero attached hydrogens (tertiary/aromatic N) is 4. The highest BCUT2D eigenvalue weighted by Crippen LogP contribution is 2.23. The van der Waals surface area contributed by atoms with Crippen LogP contribution in [0.5, 0.6) is 0 Å². The van der Waals surface area contributed by atoms with Crippen molar-refractivity contribution in [2.75, 3.05) is 24.2 Å². The fourth-order valence-corrected chi connectivity index (χ4v) is 3.21. The molecule has 0 spiro atoms. The van der Waals surface area contributed by atoms with Crippen molar-refractivity contribution in [2.45, 2.75) is 18.9 Å². The van der Waals surface area contributed by atoms with Crippen LogP contribution in [0.15, 0.2) is 25.0 Å². The standard InChI is InChI=1S/C14H18N6O4S/c1-9(24-25(2,22)23)14(21)19-10-4-3-5-20(6-10)13-11-12(16-7-15-11)17-8-18-13/h7-8,10H,1,3-6H2,2H3,(H,19,21)(H,15,16,17,18)/t10-/m1/s1. The number of carbonyl (C=O) groups is 1. The Morgan fingerprint density at radius 1 is 1.44 bits per heavy atom. The smallest absolute Gasteiger partial charge is 0.306 e. The first-order chi connectivity index (χ1) is 11.8. The van der Waals surface area contributed by atoms with Crippen molar-refractivity contribution in [3.05, 3.63) is 25.0 Å². The lowest BCUT2D eigenvalue weighted by molar-refractivity contribution is -0.120. The van der Waals surface area contributed by atoms with E-state index in [2.05, 4.69) is 36.0 Å². The lowest BCUT2D eigenvalue weighted by Gasteiger charge is -2.33. The Morgan fingerprint density at radius 3 is 3.00 bits per heavy atom. The second kappa shape index (κ2) is 6.67. The molecule has 2 N–H and O–H groups in total. The summed E-state index contributed by atoms with van der Waals surface area (Å²) in [6.45, 7) is 4.65. The van der Waals surface area contributed by atoms with E-state index in [1.807, 2.05) is 4.90 Å². The molecule has 3 heterocycles. The fraction of sp³-hybridized carbons (Fsp3) is 0.429. The third-order valence-electron chi connectivity index (χ3n) is 3.76. The zero-order chi connectivity index (χ0) is 18.0. The Morgan fingerprint density at radius 2 is 2.24 bits per heavy atom. The SMILES string of the molecule is C=C(OS(C)(=O)=O)C(=O)N[C@@H]1CCCN(c2ncnc3nc[nH]c23)C1. The highest BCUT2D eigenvalue weighted by Gasteiger charge is 2.25. The molecule has 11 heteroatoms. The molecule has 0 aliphatic carbocycles. The highest BCUT2D eigenvalue weighted by atomic mass is 32.2. The first kappa shape index (κ1) is 17.1. The van der Waals surface area contributed by atoms with Crippen molar-refractivity contribution in [1.82, 2.24) is 25.3 Å². The van der Waals surface area contributed by atoms with Gasteiger partial charge in [0.25, 0.3) is 5.91 Å². The quantitative estimate of drug-likeness (QED) is 0.427. The molecule has 10 nitrogen and oxygen atoms in total. The number of imidazole rings is 1. The minimum absolute atomic E-state index is 0.186. The van der Waals surface area contributed by atoms with E-state index in [1.165, 1.54) is 6.33 Å². The average Bonchev–Trinajstić information content (AvgIpc) is 3.02. The number of aromatic nitrogens is 4. The minimum Gasteiger partial charge on any atom is -0.377 e. The van der Waals surface area contributed by atoms with Gasteiger partial charge in [0.05, 0.1) is 12.6 Å². The molecule has 0 unspecified atom stereocenters. The van der Waals surface area contributed by atoms with Crippen LogP contribution in [0.1, 0.15) is 12.8 Å². The predicted octanol–water partition coefficient (Wildman–Crippen LogP) is -0.0722. The lowest BCUT2D eigenvalue weighted by atomic mass is 10.1. The van der Waals surface area contributed by atoms with Crippen LogP contribution < -0.4 is 10.2 Å². The monoisotopic (exact) mass is 366 g/mol. The first-order valence-corrected chi connectivity index (χ1v) is 9.43. The van der Waals surface area contributed by atoms with Gasteiger partial charge in [-0.1, -0.05) is 0 Å². The van der Waals surface area contributed by atoms with Crippen molar-refractivity contribution < 1.29 is 17.4 Å². The van der Waals surface area contributed by atoms with Crippen molar-refractivity contribution in [3.63, 3.8) is 0 Å². The molecule has 25 heavy (non-hydrogen) atoms. The highest BCUT2D eigenvalue weighted by molar-refractivity contribution is 7.86. The number of fused-ring (bicyclic) bond motifs is 1. The normalized spacial score (nSPS) is 18.1. The van der Waals surface area contributed by atoms with Gasteiger partial charge in [-0.3, -0.25) is 4.79 Å². The number of hydrogen-bond donors (Lipinski definition) is 2. The third kappa shape index (κ3) is 4.05. The molecule has 1 fully saturated rings. The van der Waals surface area contributed by atoms with E-state index in [9.17, 15) is 13.2 Å². The zero-order valence-corrected chi connectivity index (χ0v) is 14.4. The van der Waals surface area contributed by atoms with Gasteiger partial charge in [-0.15, -0.1) is 0 Å². The molecule has 3 rings (SSSR count). The summed E-state index contributed by atoms with van der Waals surface area (Å²) < 4.78 is 26.7. The van der Waals surface area contributed by atoms with Gasteiger partial charge in [-0.25, -0.2) is 15.0 Å². The van der Waals surface area contributed by atoms with Crippen molar-refractivity contribution in [1.29, 1.82) is 0 Å². The van der Waals surface area contributed by atoms with Crippen LogP contribution in [0.3, 0.4) is 0 Å². The number of hydrogen-bond acceptors (Lipinski definition) is 8. The largest absolute Gasteiger partial charge is 0.377 e. The number of amides is 1. The molecule has 1 amide bonds. The molecule has 1 aliphatic heterocycles. The average molecular weight is 366 g/mol. The summed E-state index contributed by atoms with van der Waals surface area (Å²) in [5, 5.41) is 2.74. The van der Waals surface area contributed by atoms with Crippen LogP contribution in [0.2, 0.25) is 0 Å². The first-order valence-electron chi connectivity index (χ1n) is 7.62. The van der Waals surface area contributed by atoms with E-state index in [1.54, 1.807) is 6.33 Å². The number of piperidine rings is 1. The Balaban J connectivity index is 1.68. The maximum absolute atomic E-state index is 12.0. The van der Waals surface area contributed by atoms with Gasteiger partial charge in [0.2, 0.25) is 0 Å². The summed E-state index contributed by atoms with van der Waals surface area (Å²) in [5.41, 5.74) is 1.31. The second-order valence-corrected chi connectivity index (χ2v) is 7.34. The number of anilines is 1. The van der Waals surface area contributed by atoms with Crippen LogP contribution in [-0.2, 0) is 19.1 Å². The number of aromatic amines is 1. The molecule has 0 radical (unpaired) electrons. The Kier molecular flexibility index (Phi) is 4.57. The van der Waals surface area contributed by atoms with E-state index >= 15 is 0 Å². The molecule has 2 aromatic rings. The Bertz CT molecular complexity index is 909. The molecule has 1 atom stereocenters. The van der Waals surface area contributed by atoms with Gasteiger partial charge in [0, 0.05) is 19.1 Å². The van der Waals surface area contributed by atoms with Gasteiger partial charge in [0.15, 0.2) is 17.2 Å². The molecule has 0 bridgehead atoms. The number of nitrogens with one attached hydrogen (secondary N) is 2. The molecule has 0 aromatic carbocycles.